The van der Waals surface area contributed by atoms with E-state index < -0.39 is 13.9 Å². The molecular weight excluding hydrogens is 504 g/mol. The number of hydrogen-bond donors (Lipinski definition) is 0. The highest BCUT2D eigenvalue weighted by molar-refractivity contribution is 6.74. The smallest absolute Gasteiger partial charge is 0.410 e. The molecule has 1 aromatic heterocycles. The molecule has 2 aromatic rings. The van der Waals surface area contributed by atoms with Gasteiger partial charge in [-0.2, -0.15) is 0 Å². The van der Waals surface area contributed by atoms with Gasteiger partial charge in [0.25, 0.3) is 0 Å². The first-order valence-corrected chi connectivity index (χ1v) is 16.2. The standard InChI is InChI=1S/C29H41ClN2O4Si/c1-28(2,3)35-27(34)32-23(17-20-9-11-21(19-33)12-10-20)14-15-24(32)26(22-13-16-25(30)31-18-22)36-37(7,8)29(4,5)6/h9-13,16,18-19,23-24,26H,14-15,17H2,1-8H3/t23-,24+,26+/m0/s1. The lowest BCUT2D eigenvalue weighted by molar-refractivity contribution is -0.00243. The molecule has 0 aliphatic carbocycles. The van der Waals surface area contributed by atoms with Crippen molar-refractivity contribution in [2.45, 2.75) is 103 Å². The summed E-state index contributed by atoms with van der Waals surface area (Å²) in [6.45, 7) is 16.7. The molecule has 8 heteroatoms. The van der Waals surface area contributed by atoms with Crippen LogP contribution in [0.15, 0.2) is 42.6 Å². The van der Waals surface area contributed by atoms with Crippen LogP contribution in [0.5, 0.6) is 0 Å². The Labute approximate surface area is 227 Å². The van der Waals surface area contributed by atoms with Gasteiger partial charge in [-0.05, 0) is 69.8 Å². The van der Waals surface area contributed by atoms with E-state index in [0.717, 1.165) is 30.3 Å². The number of halogens is 1. The Hall–Kier alpha value is -2.22. The zero-order valence-corrected chi connectivity index (χ0v) is 25.1. The van der Waals surface area contributed by atoms with Gasteiger partial charge < -0.3 is 9.16 Å². The molecule has 1 fully saturated rings. The van der Waals surface area contributed by atoms with Gasteiger partial charge in [-0.25, -0.2) is 9.78 Å². The molecule has 0 bridgehead atoms. The number of amides is 1. The predicted molar refractivity (Wildman–Crippen MR) is 151 cm³/mol. The molecule has 3 rings (SSSR count). The molecular formula is C29H41ClN2O4Si. The first kappa shape index (κ1) is 29.3. The zero-order chi connectivity index (χ0) is 27.6. The molecule has 0 saturated carbocycles. The Kier molecular flexibility index (Phi) is 8.92. The van der Waals surface area contributed by atoms with Gasteiger partial charge in [-0.1, -0.05) is 62.7 Å². The summed E-state index contributed by atoms with van der Waals surface area (Å²) in [5.41, 5.74) is 1.98. The summed E-state index contributed by atoms with van der Waals surface area (Å²) in [4.78, 5) is 31.0. The number of nitrogens with zero attached hydrogens (tertiary/aromatic N) is 2. The molecule has 0 N–H and O–H groups in total. The number of carbonyl (C=O) groups excluding carboxylic acids is 2. The highest BCUT2D eigenvalue weighted by Crippen LogP contribution is 2.44. The van der Waals surface area contributed by atoms with E-state index >= 15 is 0 Å². The number of rotatable bonds is 7. The summed E-state index contributed by atoms with van der Waals surface area (Å²) >= 11 is 6.12. The minimum Gasteiger partial charge on any atom is -0.444 e. The molecule has 202 valence electrons. The maximum atomic E-state index is 13.7. The fraction of sp³-hybridized carbons (Fsp3) is 0.552. The van der Waals surface area contributed by atoms with Crippen LogP contribution in [0.2, 0.25) is 23.3 Å². The van der Waals surface area contributed by atoms with Crippen LogP contribution in [0.1, 0.15) is 82.0 Å². The second-order valence-electron chi connectivity index (χ2n) is 12.5. The number of aldehydes is 1. The Morgan fingerprint density at radius 3 is 2.27 bits per heavy atom. The van der Waals surface area contributed by atoms with Crippen molar-refractivity contribution >= 4 is 32.3 Å². The van der Waals surface area contributed by atoms with E-state index in [9.17, 15) is 9.59 Å². The molecule has 1 aliphatic rings. The first-order chi connectivity index (χ1) is 17.1. The maximum absolute atomic E-state index is 13.7. The highest BCUT2D eigenvalue weighted by Gasteiger charge is 2.47. The molecule has 3 atom stereocenters. The number of carbonyl (C=O) groups is 2. The van der Waals surface area contributed by atoms with Crippen molar-refractivity contribution in [3.63, 3.8) is 0 Å². The summed E-state index contributed by atoms with van der Waals surface area (Å²) in [6, 6.07) is 11.0. The molecule has 1 amide bonds. The Morgan fingerprint density at radius 1 is 1.11 bits per heavy atom. The maximum Gasteiger partial charge on any atom is 0.410 e. The Morgan fingerprint density at radius 2 is 1.76 bits per heavy atom. The fourth-order valence-corrected chi connectivity index (χ4v) is 5.83. The van der Waals surface area contributed by atoms with Crippen LogP contribution in [0, 0.1) is 0 Å². The first-order valence-electron chi connectivity index (χ1n) is 13.0. The SMILES string of the molecule is CC(C)(C)OC(=O)N1[C@H](Cc2ccc(C=O)cc2)CC[C@@H]1[C@H](O[Si](C)(C)C(C)(C)C)c1ccc(Cl)nc1. The monoisotopic (exact) mass is 544 g/mol. The molecule has 2 heterocycles. The predicted octanol–water partition coefficient (Wildman–Crippen LogP) is 7.62. The number of hydrogen-bond acceptors (Lipinski definition) is 5. The quantitative estimate of drug-likeness (QED) is 0.204. The molecule has 1 aromatic carbocycles. The average molecular weight is 545 g/mol. The number of likely N-dealkylation sites (tertiary alicyclic amines) is 1. The summed E-state index contributed by atoms with van der Waals surface area (Å²) < 4.78 is 12.9. The molecule has 0 unspecified atom stereocenters. The average Bonchev–Trinajstić information content (AvgIpc) is 3.20. The van der Waals surface area contributed by atoms with Crippen molar-refractivity contribution in [1.82, 2.24) is 9.88 Å². The summed E-state index contributed by atoms with van der Waals surface area (Å²) in [7, 11) is -2.22. The highest BCUT2D eigenvalue weighted by atomic mass is 35.5. The van der Waals surface area contributed by atoms with Crippen LogP contribution in [0.3, 0.4) is 0 Å². The number of aromatic nitrogens is 1. The molecule has 0 spiro atoms. The van der Waals surface area contributed by atoms with E-state index in [-0.39, 0.29) is 29.3 Å². The fourth-order valence-electron chi connectivity index (χ4n) is 4.43. The van der Waals surface area contributed by atoms with Crippen LogP contribution >= 0.6 is 11.6 Å². The lowest BCUT2D eigenvalue weighted by atomic mass is 10.0. The Bertz CT molecular complexity index is 1080. The molecule has 1 aliphatic heterocycles. The minimum atomic E-state index is -2.22. The van der Waals surface area contributed by atoms with Gasteiger partial charge in [0.15, 0.2) is 8.32 Å². The third kappa shape index (κ3) is 7.42. The lowest BCUT2D eigenvalue weighted by Gasteiger charge is -2.43. The van der Waals surface area contributed by atoms with Gasteiger partial charge >= 0.3 is 6.09 Å². The minimum absolute atomic E-state index is 0.0137. The van der Waals surface area contributed by atoms with Crippen LogP contribution < -0.4 is 0 Å². The number of benzene rings is 1. The Balaban J connectivity index is 2.02. The number of ether oxygens (including phenoxy) is 1. The third-order valence-corrected chi connectivity index (χ3v) is 12.1. The molecule has 0 radical (unpaired) electrons. The summed E-state index contributed by atoms with van der Waals surface area (Å²) in [5, 5.41) is 0.405. The van der Waals surface area contributed by atoms with Gasteiger partial charge in [0.05, 0.1) is 12.1 Å². The lowest BCUT2D eigenvalue weighted by Crippen LogP contribution is -2.50. The van der Waals surface area contributed by atoms with Crippen LogP contribution in [0.4, 0.5) is 4.79 Å². The van der Waals surface area contributed by atoms with Crippen molar-refractivity contribution in [3.8, 4) is 0 Å². The largest absolute Gasteiger partial charge is 0.444 e. The second kappa shape index (κ2) is 11.3. The van der Waals surface area contributed by atoms with Gasteiger partial charge in [-0.15, -0.1) is 0 Å². The van der Waals surface area contributed by atoms with E-state index in [0.29, 0.717) is 17.1 Å². The second-order valence-corrected chi connectivity index (χ2v) is 17.6. The summed E-state index contributed by atoms with van der Waals surface area (Å²) in [6.07, 6.45) is 4.16. The van der Waals surface area contributed by atoms with Crippen LogP contribution in [0.25, 0.3) is 0 Å². The van der Waals surface area contributed by atoms with E-state index in [4.69, 9.17) is 20.8 Å². The summed E-state index contributed by atoms with van der Waals surface area (Å²) in [5.74, 6) is 0. The topological polar surface area (TPSA) is 68.7 Å². The van der Waals surface area contributed by atoms with Crippen molar-refractivity contribution in [3.05, 3.63) is 64.4 Å². The van der Waals surface area contributed by atoms with E-state index in [1.807, 2.05) is 56.0 Å². The van der Waals surface area contributed by atoms with Crippen LogP contribution in [-0.4, -0.2) is 48.3 Å². The van der Waals surface area contributed by atoms with Crippen molar-refractivity contribution in [1.29, 1.82) is 0 Å². The number of pyridine rings is 1. The van der Waals surface area contributed by atoms with Crippen LogP contribution in [-0.2, 0) is 15.6 Å². The van der Waals surface area contributed by atoms with Gasteiger partial charge in [0.2, 0.25) is 0 Å². The zero-order valence-electron chi connectivity index (χ0n) is 23.4. The van der Waals surface area contributed by atoms with E-state index in [1.165, 1.54) is 0 Å². The molecule has 1 saturated heterocycles. The van der Waals surface area contributed by atoms with Crippen molar-refractivity contribution in [2.75, 3.05) is 0 Å². The molecule has 37 heavy (non-hydrogen) atoms. The van der Waals surface area contributed by atoms with E-state index in [2.05, 4.69) is 38.8 Å². The van der Waals surface area contributed by atoms with Crippen molar-refractivity contribution in [2.24, 2.45) is 0 Å². The van der Waals surface area contributed by atoms with Crippen molar-refractivity contribution < 1.29 is 18.8 Å². The van der Waals surface area contributed by atoms with Gasteiger partial charge in [-0.3, -0.25) is 9.69 Å². The van der Waals surface area contributed by atoms with E-state index in [1.54, 1.807) is 12.3 Å². The van der Waals surface area contributed by atoms with Gasteiger partial charge in [0, 0.05) is 23.4 Å². The van der Waals surface area contributed by atoms with Gasteiger partial charge in [0.1, 0.15) is 17.0 Å². The third-order valence-electron chi connectivity index (χ3n) is 7.39. The normalized spacial score (nSPS) is 19.5. The molecule has 6 nitrogen and oxygen atoms in total.